The van der Waals surface area contributed by atoms with Crippen LogP contribution in [0.25, 0.3) is 6.08 Å². The topological polar surface area (TPSA) is 96.3 Å². The molecular formula is C22H13BrCl2N2O4S. The van der Waals surface area contributed by atoms with Crippen molar-refractivity contribution < 1.29 is 17.4 Å². The number of hydrogen-bond donors (Lipinski definition) is 1. The van der Waals surface area contributed by atoms with Gasteiger partial charge in [-0.25, -0.2) is 0 Å². The number of amides is 1. The number of benzene rings is 3. The molecule has 0 unspecified atom stereocenters. The highest BCUT2D eigenvalue weighted by Gasteiger charge is 2.19. The minimum Gasteiger partial charge on any atom is -0.378 e. The zero-order valence-electron chi connectivity index (χ0n) is 16.1. The molecule has 3 aromatic rings. The Morgan fingerprint density at radius 3 is 2.47 bits per heavy atom. The lowest BCUT2D eigenvalue weighted by molar-refractivity contribution is -0.112. The number of anilines is 1. The first-order valence-corrected chi connectivity index (χ1v) is 11.8. The van der Waals surface area contributed by atoms with Gasteiger partial charge in [-0.15, -0.1) is 0 Å². The lowest BCUT2D eigenvalue weighted by Crippen LogP contribution is -2.14. The van der Waals surface area contributed by atoms with Crippen molar-refractivity contribution in [2.45, 2.75) is 4.90 Å². The van der Waals surface area contributed by atoms with E-state index in [1.54, 1.807) is 36.4 Å². The molecule has 0 atom stereocenters. The number of hydrogen-bond acceptors (Lipinski definition) is 5. The van der Waals surface area contributed by atoms with Crippen molar-refractivity contribution in [3.63, 3.8) is 0 Å². The van der Waals surface area contributed by atoms with Crippen LogP contribution in [-0.4, -0.2) is 14.3 Å². The third-order valence-electron chi connectivity index (χ3n) is 4.04. The zero-order chi connectivity index (χ0) is 23.3. The second-order valence-corrected chi connectivity index (χ2v) is 9.59. The van der Waals surface area contributed by atoms with E-state index in [1.807, 2.05) is 0 Å². The minimum atomic E-state index is -4.13. The molecule has 0 aromatic heterocycles. The van der Waals surface area contributed by atoms with E-state index in [1.165, 1.54) is 42.5 Å². The van der Waals surface area contributed by atoms with Crippen LogP contribution in [0.1, 0.15) is 5.56 Å². The molecule has 0 aliphatic heterocycles. The summed E-state index contributed by atoms with van der Waals surface area (Å²) in [5, 5.41) is 12.6. The Bertz CT molecular complexity index is 1350. The van der Waals surface area contributed by atoms with Crippen molar-refractivity contribution in [2.24, 2.45) is 0 Å². The Labute approximate surface area is 203 Å². The first-order chi connectivity index (χ1) is 15.2. The largest absolute Gasteiger partial charge is 0.378 e. The predicted octanol–water partition coefficient (Wildman–Crippen LogP) is 6.07. The molecule has 3 aromatic carbocycles. The van der Waals surface area contributed by atoms with Gasteiger partial charge >= 0.3 is 10.1 Å². The van der Waals surface area contributed by atoms with Crippen molar-refractivity contribution in [1.82, 2.24) is 0 Å². The SMILES string of the molecule is N#C/C(=C\c1cc(Br)ccc1OS(=O)(=O)c1ccccc1)C(=O)Nc1cc(Cl)ccc1Cl. The molecule has 0 spiro atoms. The molecule has 0 aliphatic carbocycles. The van der Waals surface area contributed by atoms with Gasteiger partial charge in [-0.1, -0.05) is 57.3 Å². The van der Waals surface area contributed by atoms with E-state index in [9.17, 15) is 18.5 Å². The van der Waals surface area contributed by atoms with Crippen LogP contribution in [0.3, 0.4) is 0 Å². The van der Waals surface area contributed by atoms with Crippen LogP contribution < -0.4 is 9.50 Å². The lowest BCUT2D eigenvalue weighted by atomic mass is 10.1. The van der Waals surface area contributed by atoms with E-state index in [2.05, 4.69) is 21.2 Å². The lowest BCUT2D eigenvalue weighted by Gasteiger charge is -2.11. The summed E-state index contributed by atoms with van der Waals surface area (Å²) in [4.78, 5) is 12.6. The average molecular weight is 552 g/mol. The zero-order valence-corrected chi connectivity index (χ0v) is 20.0. The summed E-state index contributed by atoms with van der Waals surface area (Å²) < 4.78 is 31.1. The minimum absolute atomic E-state index is 0.0355. The van der Waals surface area contributed by atoms with Crippen LogP contribution in [0.5, 0.6) is 5.75 Å². The van der Waals surface area contributed by atoms with E-state index >= 15 is 0 Å². The first-order valence-electron chi connectivity index (χ1n) is 8.87. The van der Waals surface area contributed by atoms with E-state index < -0.39 is 16.0 Å². The van der Waals surface area contributed by atoms with Crippen LogP contribution >= 0.6 is 39.1 Å². The van der Waals surface area contributed by atoms with Crippen molar-refractivity contribution in [3.8, 4) is 11.8 Å². The third-order valence-corrected chi connectivity index (χ3v) is 6.35. The highest BCUT2D eigenvalue weighted by Crippen LogP contribution is 2.29. The number of halogens is 3. The molecule has 1 amide bonds. The summed E-state index contributed by atoms with van der Waals surface area (Å²) in [6.45, 7) is 0. The van der Waals surface area contributed by atoms with Gasteiger partial charge in [0.15, 0.2) is 0 Å². The van der Waals surface area contributed by atoms with Crippen molar-refractivity contribution in [3.05, 3.63) is 92.4 Å². The van der Waals surface area contributed by atoms with E-state index in [-0.39, 0.29) is 32.5 Å². The molecule has 0 heterocycles. The number of rotatable bonds is 6. The molecule has 0 aliphatic rings. The summed E-state index contributed by atoms with van der Waals surface area (Å²) in [7, 11) is -4.13. The quantitative estimate of drug-likeness (QED) is 0.228. The molecule has 0 radical (unpaired) electrons. The van der Waals surface area contributed by atoms with E-state index in [0.29, 0.717) is 9.50 Å². The Hall–Kier alpha value is -2.83. The van der Waals surface area contributed by atoms with Gasteiger partial charge in [-0.3, -0.25) is 4.79 Å². The van der Waals surface area contributed by atoms with Gasteiger partial charge in [-0.05, 0) is 54.6 Å². The van der Waals surface area contributed by atoms with E-state index in [0.717, 1.165) is 0 Å². The van der Waals surface area contributed by atoms with Gasteiger partial charge in [0.25, 0.3) is 5.91 Å². The molecule has 162 valence electrons. The molecule has 0 saturated carbocycles. The summed E-state index contributed by atoms with van der Waals surface area (Å²) >= 11 is 15.3. The van der Waals surface area contributed by atoms with Crippen molar-refractivity contribution in [2.75, 3.05) is 5.32 Å². The summed E-state index contributed by atoms with van der Waals surface area (Å²) in [6.07, 6.45) is 1.22. The molecule has 0 saturated heterocycles. The standard InChI is InChI=1S/C22H13BrCl2N2O4S/c23-16-6-9-21(31-32(29,30)18-4-2-1-3-5-18)14(11-16)10-15(13-26)22(28)27-20-12-17(24)7-8-19(20)25/h1-12H,(H,27,28)/b15-10+. The molecule has 0 bridgehead atoms. The maximum Gasteiger partial charge on any atom is 0.339 e. The Morgan fingerprint density at radius 2 is 1.78 bits per heavy atom. The highest BCUT2D eigenvalue weighted by atomic mass is 79.9. The number of nitrogens with one attached hydrogen (secondary N) is 1. The van der Waals surface area contributed by atoms with Gasteiger partial charge in [-0.2, -0.15) is 13.7 Å². The molecular weight excluding hydrogens is 539 g/mol. The molecule has 10 heteroatoms. The first kappa shape index (κ1) is 23.8. The van der Waals surface area contributed by atoms with Gasteiger partial charge in [0.2, 0.25) is 0 Å². The Kier molecular flexibility index (Phi) is 7.59. The second kappa shape index (κ2) is 10.2. The van der Waals surface area contributed by atoms with Gasteiger partial charge in [0.05, 0.1) is 10.7 Å². The molecule has 3 rings (SSSR count). The number of carbonyl (C=O) groups excluding carboxylic acids is 1. The fourth-order valence-corrected chi connectivity index (χ4v) is 4.24. The van der Waals surface area contributed by atoms with Crippen LogP contribution in [0, 0.1) is 11.3 Å². The predicted molar refractivity (Wildman–Crippen MR) is 127 cm³/mol. The van der Waals surface area contributed by atoms with Gasteiger partial charge in [0.1, 0.15) is 22.3 Å². The fourth-order valence-electron chi connectivity index (χ4n) is 2.55. The molecule has 32 heavy (non-hydrogen) atoms. The summed E-state index contributed by atoms with van der Waals surface area (Å²) in [5.74, 6) is -0.813. The maximum atomic E-state index is 12.6. The second-order valence-electron chi connectivity index (χ2n) is 6.28. The maximum absolute atomic E-state index is 12.6. The van der Waals surface area contributed by atoms with Crippen LogP contribution in [-0.2, 0) is 14.9 Å². The van der Waals surface area contributed by atoms with Crippen LogP contribution in [0.2, 0.25) is 10.0 Å². The Morgan fingerprint density at radius 1 is 1.06 bits per heavy atom. The number of carbonyl (C=O) groups is 1. The van der Waals surface area contributed by atoms with Crippen LogP contribution in [0.4, 0.5) is 5.69 Å². The average Bonchev–Trinajstić information content (AvgIpc) is 2.76. The molecule has 6 nitrogen and oxygen atoms in total. The smallest absolute Gasteiger partial charge is 0.339 e. The number of nitriles is 1. The van der Waals surface area contributed by atoms with Crippen LogP contribution in [0.15, 0.2) is 81.7 Å². The monoisotopic (exact) mass is 550 g/mol. The summed E-state index contributed by atoms with van der Waals surface area (Å²) in [6, 6.07) is 18.4. The molecule has 0 fully saturated rings. The fraction of sp³-hybridized carbons (Fsp3) is 0. The van der Waals surface area contributed by atoms with Crippen molar-refractivity contribution >= 4 is 66.9 Å². The highest BCUT2D eigenvalue weighted by molar-refractivity contribution is 9.10. The Balaban J connectivity index is 1.95. The number of nitrogens with zero attached hydrogens (tertiary/aromatic N) is 1. The summed E-state index contributed by atoms with van der Waals surface area (Å²) in [5.41, 5.74) is 0.117. The van der Waals surface area contributed by atoms with Gasteiger partial charge < -0.3 is 9.50 Å². The van der Waals surface area contributed by atoms with Crippen molar-refractivity contribution in [1.29, 1.82) is 5.26 Å². The molecule has 1 N–H and O–H groups in total. The third kappa shape index (κ3) is 5.90. The van der Waals surface area contributed by atoms with Gasteiger partial charge in [0, 0.05) is 15.1 Å². The van der Waals surface area contributed by atoms with E-state index in [4.69, 9.17) is 27.4 Å². The normalized spacial score (nSPS) is 11.5.